The SMILES string of the molecule is C=C[C@@H](C)[C@H]1OC(C)(C)O[C@@H](C[C@H](OC)[C@H]2O[C@@]3(C[C@@H](O)[C@H](C)[C@H](CCO[Si](c4ccccc4)(c4ccccc4)C(C)(C)C)O3)C(C)(C)[C@H]2O[Si](CC)(CC)CC)[C@@H]1C. The van der Waals surface area contributed by atoms with Crippen molar-refractivity contribution in [2.75, 3.05) is 13.7 Å². The Hall–Kier alpha value is -1.71. The summed E-state index contributed by atoms with van der Waals surface area (Å²) in [5, 5.41) is 14.4. The second kappa shape index (κ2) is 19.0. The monoisotopic (exact) mass is 853 g/mol. The van der Waals surface area contributed by atoms with Crippen molar-refractivity contribution in [3.05, 3.63) is 73.3 Å². The smallest absolute Gasteiger partial charge is 0.261 e. The molecule has 0 aliphatic carbocycles. The normalized spacial score (nSPS) is 32.2. The summed E-state index contributed by atoms with van der Waals surface area (Å²) in [6, 6.07) is 24.5. The minimum absolute atomic E-state index is 0.0523. The maximum absolute atomic E-state index is 12.1. The molecule has 3 aliphatic heterocycles. The molecule has 3 saturated heterocycles. The van der Waals surface area contributed by atoms with Gasteiger partial charge in [0.25, 0.3) is 8.32 Å². The lowest BCUT2D eigenvalue weighted by molar-refractivity contribution is -0.341. The highest BCUT2D eigenvalue weighted by atomic mass is 28.4. The van der Waals surface area contributed by atoms with Gasteiger partial charge in [-0.2, -0.15) is 0 Å². The van der Waals surface area contributed by atoms with Crippen LogP contribution in [0.1, 0.15) is 109 Å². The molecule has 3 heterocycles. The van der Waals surface area contributed by atoms with Crippen molar-refractivity contribution in [3.63, 3.8) is 0 Å². The highest BCUT2D eigenvalue weighted by Crippen LogP contribution is 2.57. The minimum atomic E-state index is -2.78. The predicted octanol–water partition coefficient (Wildman–Crippen LogP) is 9.63. The van der Waals surface area contributed by atoms with Gasteiger partial charge in [-0.3, -0.25) is 0 Å². The van der Waals surface area contributed by atoms with E-state index < -0.39 is 45.8 Å². The van der Waals surface area contributed by atoms with Crippen molar-refractivity contribution < 1.29 is 37.6 Å². The molecule has 0 amide bonds. The first-order valence-electron chi connectivity index (χ1n) is 22.7. The fourth-order valence-electron chi connectivity index (χ4n) is 10.5. The summed E-state index contributed by atoms with van der Waals surface area (Å²) in [4.78, 5) is 0. The van der Waals surface area contributed by atoms with Crippen molar-refractivity contribution in [2.45, 2.75) is 187 Å². The van der Waals surface area contributed by atoms with E-state index in [1.807, 2.05) is 19.9 Å². The molecule has 5 rings (SSSR count). The highest BCUT2D eigenvalue weighted by Gasteiger charge is 2.68. The van der Waals surface area contributed by atoms with Gasteiger partial charge in [-0.1, -0.05) is 143 Å². The summed E-state index contributed by atoms with van der Waals surface area (Å²) in [5.74, 6) is -1.78. The Morgan fingerprint density at radius 2 is 1.39 bits per heavy atom. The van der Waals surface area contributed by atoms with Gasteiger partial charge in [0.1, 0.15) is 6.10 Å². The third-order valence-corrected chi connectivity index (χ3v) is 24.4. The van der Waals surface area contributed by atoms with E-state index in [9.17, 15) is 5.11 Å². The van der Waals surface area contributed by atoms with Crippen LogP contribution < -0.4 is 10.4 Å². The lowest BCUT2D eigenvalue weighted by atomic mass is 9.72. The molecule has 3 fully saturated rings. The number of aliphatic hydroxyl groups excluding tert-OH is 1. The molecule has 10 heteroatoms. The number of methoxy groups -OCH3 is 1. The van der Waals surface area contributed by atoms with Crippen LogP contribution in [0.2, 0.25) is 23.2 Å². The summed E-state index contributed by atoms with van der Waals surface area (Å²) >= 11 is 0. The predicted molar refractivity (Wildman–Crippen MR) is 244 cm³/mol. The second-order valence-electron chi connectivity index (χ2n) is 20.0. The first kappa shape index (κ1) is 48.3. The van der Waals surface area contributed by atoms with Gasteiger partial charge in [-0.25, -0.2) is 0 Å². The van der Waals surface area contributed by atoms with Crippen LogP contribution in [0.15, 0.2) is 73.3 Å². The van der Waals surface area contributed by atoms with Crippen molar-refractivity contribution in [1.29, 1.82) is 0 Å². The van der Waals surface area contributed by atoms with E-state index in [4.69, 9.17) is 32.5 Å². The van der Waals surface area contributed by atoms with Crippen LogP contribution in [0, 0.1) is 23.2 Å². The molecule has 3 aliphatic rings. The number of ether oxygens (including phenoxy) is 5. The van der Waals surface area contributed by atoms with Crippen LogP contribution in [0.3, 0.4) is 0 Å². The first-order valence-corrected chi connectivity index (χ1v) is 27.1. The fourth-order valence-corrected chi connectivity index (χ4v) is 18.1. The van der Waals surface area contributed by atoms with E-state index in [0.717, 1.165) is 18.1 Å². The van der Waals surface area contributed by atoms with Crippen molar-refractivity contribution in [3.8, 4) is 0 Å². The largest absolute Gasteiger partial charge is 0.410 e. The van der Waals surface area contributed by atoms with Crippen LogP contribution in [0.5, 0.6) is 0 Å². The van der Waals surface area contributed by atoms with Gasteiger partial charge < -0.3 is 37.6 Å². The average Bonchev–Trinajstić information content (AvgIpc) is 3.40. The third kappa shape index (κ3) is 9.48. The van der Waals surface area contributed by atoms with Crippen LogP contribution in [-0.2, 0) is 32.5 Å². The zero-order valence-corrected chi connectivity index (χ0v) is 41.1. The third-order valence-electron chi connectivity index (χ3n) is 14.8. The Morgan fingerprint density at radius 3 is 1.88 bits per heavy atom. The molecule has 0 radical (unpaired) electrons. The number of hydrogen-bond donors (Lipinski definition) is 1. The molecule has 0 saturated carbocycles. The minimum Gasteiger partial charge on any atom is -0.410 e. The van der Waals surface area contributed by atoms with E-state index in [-0.39, 0.29) is 53.3 Å². The number of hydrogen-bond acceptors (Lipinski definition) is 8. The first-order chi connectivity index (χ1) is 27.7. The summed E-state index contributed by atoms with van der Waals surface area (Å²) in [5.41, 5.74) is -0.633. The topological polar surface area (TPSA) is 84.8 Å². The summed E-state index contributed by atoms with van der Waals surface area (Å²) in [7, 11) is -3.18. The summed E-state index contributed by atoms with van der Waals surface area (Å²) < 4.78 is 49.4. The molecule has 332 valence electrons. The summed E-state index contributed by atoms with van der Waals surface area (Å²) in [6.45, 7) is 33.2. The Morgan fingerprint density at radius 1 is 0.831 bits per heavy atom. The van der Waals surface area contributed by atoms with Crippen molar-refractivity contribution in [1.82, 2.24) is 0 Å². The molecule has 0 unspecified atom stereocenters. The van der Waals surface area contributed by atoms with Crippen LogP contribution in [-0.4, -0.2) is 89.8 Å². The van der Waals surface area contributed by atoms with Crippen LogP contribution in [0.25, 0.3) is 0 Å². The second-order valence-corrected chi connectivity index (χ2v) is 29.1. The molecule has 8 nitrogen and oxygen atoms in total. The molecule has 0 bridgehead atoms. The molecule has 1 N–H and O–H groups in total. The van der Waals surface area contributed by atoms with Crippen LogP contribution >= 0.6 is 0 Å². The standard InChI is InChI=1S/C49H80O8Si2/c1-16-34(5)43-36(7)41(53-48(13,14)55-43)32-42(51-15)44-45(57-58(17-2,18-3)19-4)47(11,12)49(56-44)33-39(50)35(6)40(54-49)30-31-52-59(46(8,9)10,37-26-22-20-23-27-37)38-28-24-21-25-29-38/h16,20-29,34-36,39-45,50H,1,17-19,30-33H2,2-15H3/t34-,35+,36+,39-,40+,41+,42+,43-,44-,45+,49+/m1/s1. The van der Waals surface area contributed by atoms with E-state index in [1.165, 1.54) is 10.4 Å². The van der Waals surface area contributed by atoms with Gasteiger partial charge in [-0.05, 0) is 53.8 Å². The van der Waals surface area contributed by atoms with Crippen LogP contribution in [0.4, 0.5) is 0 Å². The molecule has 59 heavy (non-hydrogen) atoms. The lowest BCUT2D eigenvalue weighted by Gasteiger charge is -2.51. The maximum Gasteiger partial charge on any atom is 0.261 e. The molecule has 2 aromatic carbocycles. The molecular formula is C49H80O8Si2. The Kier molecular flexibility index (Phi) is 15.5. The number of aliphatic hydroxyl groups is 1. The molecule has 2 aromatic rings. The zero-order chi connectivity index (χ0) is 43.6. The number of benzene rings is 2. The highest BCUT2D eigenvalue weighted by molar-refractivity contribution is 6.99. The molecule has 11 atom stereocenters. The van der Waals surface area contributed by atoms with E-state index >= 15 is 0 Å². The van der Waals surface area contributed by atoms with Gasteiger partial charge in [0.15, 0.2) is 19.9 Å². The molecule has 0 aromatic heterocycles. The Labute approximate surface area is 360 Å². The zero-order valence-electron chi connectivity index (χ0n) is 39.1. The van der Waals surface area contributed by atoms with Gasteiger partial charge in [0.2, 0.25) is 0 Å². The van der Waals surface area contributed by atoms with Gasteiger partial charge in [-0.15, -0.1) is 6.58 Å². The van der Waals surface area contributed by atoms with E-state index in [0.29, 0.717) is 25.9 Å². The van der Waals surface area contributed by atoms with Crippen molar-refractivity contribution >= 4 is 27.0 Å². The van der Waals surface area contributed by atoms with Gasteiger partial charge >= 0.3 is 0 Å². The van der Waals surface area contributed by atoms with E-state index in [2.05, 4.69) is 143 Å². The Bertz CT molecular complexity index is 1580. The fraction of sp³-hybridized carbons (Fsp3) is 0.714. The summed E-state index contributed by atoms with van der Waals surface area (Å²) in [6.07, 6.45) is 1.18. The maximum atomic E-state index is 12.1. The van der Waals surface area contributed by atoms with Crippen molar-refractivity contribution in [2.24, 2.45) is 23.2 Å². The quantitative estimate of drug-likeness (QED) is 0.125. The average molecular weight is 853 g/mol. The van der Waals surface area contributed by atoms with Gasteiger partial charge in [0, 0.05) is 49.7 Å². The molecular weight excluding hydrogens is 773 g/mol. The molecule has 1 spiro atoms. The lowest BCUT2D eigenvalue weighted by Crippen LogP contribution is -2.66. The number of rotatable bonds is 17. The van der Waals surface area contributed by atoms with Gasteiger partial charge in [0.05, 0.1) is 36.6 Å². The van der Waals surface area contributed by atoms with E-state index in [1.54, 1.807) is 7.11 Å². The Balaban J connectivity index is 1.49.